The van der Waals surface area contributed by atoms with E-state index in [1.54, 1.807) is 31.0 Å². The van der Waals surface area contributed by atoms with Crippen LogP contribution in [0.2, 0.25) is 25.7 Å². The van der Waals surface area contributed by atoms with Gasteiger partial charge in [-0.3, -0.25) is 9.13 Å². The summed E-state index contributed by atoms with van der Waals surface area (Å²) in [6, 6.07) is 1.06. The molecule has 0 saturated heterocycles. The van der Waals surface area contributed by atoms with E-state index in [0.717, 1.165) is 6.04 Å². The molecule has 2 heterocycles. The van der Waals surface area contributed by atoms with Crippen LogP contribution in [0.4, 0.5) is 0 Å². The molecular weight excluding hydrogens is 312 g/mol. The topological polar surface area (TPSA) is 71.2 Å². The number of hydrogen-bond donors (Lipinski definition) is 0. The largest absolute Gasteiger partial charge is 0.504 e. The fourth-order valence-electron chi connectivity index (χ4n) is 2.06. The van der Waals surface area contributed by atoms with E-state index in [9.17, 15) is 4.79 Å². The molecule has 7 nitrogen and oxygen atoms in total. The van der Waals surface area contributed by atoms with Gasteiger partial charge >= 0.3 is 5.69 Å². The molecule has 2 aromatic heterocycles. The van der Waals surface area contributed by atoms with Crippen molar-refractivity contribution in [2.24, 2.45) is 7.05 Å². The Morgan fingerprint density at radius 1 is 1.35 bits per heavy atom. The second-order valence-electron chi connectivity index (χ2n) is 6.59. The van der Waals surface area contributed by atoms with E-state index in [4.69, 9.17) is 9.47 Å². The van der Waals surface area contributed by atoms with Crippen LogP contribution in [-0.4, -0.2) is 40.9 Å². The van der Waals surface area contributed by atoms with Crippen molar-refractivity contribution in [3.63, 3.8) is 0 Å². The number of imidazole rings is 1. The molecule has 0 aromatic carbocycles. The van der Waals surface area contributed by atoms with Crippen molar-refractivity contribution in [1.82, 2.24) is 19.1 Å². The summed E-state index contributed by atoms with van der Waals surface area (Å²) >= 11 is 0. The molecule has 0 N–H and O–H groups in total. The Labute approximate surface area is 136 Å². The van der Waals surface area contributed by atoms with Crippen molar-refractivity contribution in [2.75, 3.05) is 13.7 Å². The van der Waals surface area contributed by atoms with Gasteiger partial charge in [0.05, 0.1) is 19.6 Å². The third kappa shape index (κ3) is 4.29. The minimum atomic E-state index is -1.14. The van der Waals surface area contributed by atoms with Crippen molar-refractivity contribution in [3.8, 4) is 0 Å². The average molecular weight is 336 g/mol. The van der Waals surface area contributed by atoms with Gasteiger partial charge in [-0.25, -0.2) is 14.8 Å². The van der Waals surface area contributed by atoms with E-state index in [1.807, 2.05) is 0 Å². The molecule has 0 fully saturated rings. The Morgan fingerprint density at radius 2 is 2.09 bits per heavy atom. The summed E-state index contributed by atoms with van der Waals surface area (Å²) in [5.74, 6) is 0.492. The Bertz CT molecular complexity index is 758. The molecule has 0 amide bonds. The zero-order chi connectivity index (χ0) is 17.0. The highest BCUT2D eigenvalue weighted by atomic mass is 28.3. The lowest BCUT2D eigenvalue weighted by atomic mass is 10.5. The fourth-order valence-corrected chi connectivity index (χ4v) is 2.82. The molecule has 0 unspecified atom stereocenters. The van der Waals surface area contributed by atoms with Gasteiger partial charge in [-0.2, -0.15) is 0 Å². The number of nitrogens with zero attached hydrogens (tertiary/aromatic N) is 4. The van der Waals surface area contributed by atoms with E-state index in [1.165, 1.54) is 10.8 Å². The second kappa shape index (κ2) is 7.09. The van der Waals surface area contributed by atoms with Gasteiger partial charge in [0.25, 0.3) is 0 Å². The maximum atomic E-state index is 12.3. The molecular formula is C15H24N4O3Si. The summed E-state index contributed by atoms with van der Waals surface area (Å²) in [5, 5.41) is 0. The van der Waals surface area contributed by atoms with Gasteiger partial charge in [0.15, 0.2) is 11.5 Å². The first-order valence-electron chi connectivity index (χ1n) is 7.53. The van der Waals surface area contributed by atoms with E-state index in [0.29, 0.717) is 23.6 Å². The molecule has 0 aliphatic heterocycles. The summed E-state index contributed by atoms with van der Waals surface area (Å²) in [6.07, 6.45) is 4.78. The second-order valence-corrected chi connectivity index (χ2v) is 12.2. The lowest BCUT2D eigenvalue weighted by Crippen LogP contribution is -2.25. The molecule has 2 rings (SSSR count). The average Bonchev–Trinajstić information content (AvgIpc) is 2.73. The van der Waals surface area contributed by atoms with Crippen LogP contribution in [-0.2, 0) is 23.3 Å². The quantitative estimate of drug-likeness (QED) is 0.440. The Balaban J connectivity index is 2.22. The maximum absolute atomic E-state index is 12.3. The molecule has 23 heavy (non-hydrogen) atoms. The molecule has 0 bridgehead atoms. The molecule has 0 spiro atoms. The minimum absolute atomic E-state index is 0.157. The van der Waals surface area contributed by atoms with Gasteiger partial charge in [-0.05, 0) is 6.04 Å². The lowest BCUT2D eigenvalue weighted by molar-refractivity contribution is 0.0873. The first-order valence-corrected chi connectivity index (χ1v) is 11.2. The lowest BCUT2D eigenvalue weighted by Gasteiger charge is -2.15. The van der Waals surface area contributed by atoms with Crippen molar-refractivity contribution >= 4 is 25.3 Å². The first-order chi connectivity index (χ1) is 10.8. The third-order valence-electron chi connectivity index (χ3n) is 3.46. The molecule has 8 heteroatoms. The monoisotopic (exact) mass is 336 g/mol. The van der Waals surface area contributed by atoms with Gasteiger partial charge in [0.2, 0.25) is 0 Å². The SMILES string of the molecule is CO/C=C\c1ncc2c(n1)n(C)c(=O)n2COCC[Si](C)(C)C. The predicted molar refractivity (Wildman–Crippen MR) is 92.9 cm³/mol. The molecule has 0 aliphatic carbocycles. The fraction of sp³-hybridized carbons (Fsp3) is 0.533. The van der Waals surface area contributed by atoms with Crippen molar-refractivity contribution in [2.45, 2.75) is 32.4 Å². The van der Waals surface area contributed by atoms with Crippen LogP contribution in [0.1, 0.15) is 5.82 Å². The predicted octanol–water partition coefficient (Wildman–Crippen LogP) is 2.06. The van der Waals surface area contributed by atoms with Gasteiger partial charge in [0.1, 0.15) is 12.2 Å². The van der Waals surface area contributed by atoms with E-state index < -0.39 is 8.07 Å². The third-order valence-corrected chi connectivity index (χ3v) is 5.17. The van der Waals surface area contributed by atoms with Crippen LogP contribution in [0.15, 0.2) is 17.3 Å². The Kier molecular flexibility index (Phi) is 5.37. The van der Waals surface area contributed by atoms with Crippen molar-refractivity contribution in [3.05, 3.63) is 28.8 Å². The van der Waals surface area contributed by atoms with E-state index in [2.05, 4.69) is 29.6 Å². The Hall–Kier alpha value is -1.93. The summed E-state index contributed by atoms with van der Waals surface area (Å²) in [6.45, 7) is 7.77. The zero-order valence-electron chi connectivity index (χ0n) is 14.4. The molecule has 0 aliphatic rings. The first kappa shape index (κ1) is 17.4. The summed E-state index contributed by atoms with van der Waals surface area (Å²) < 4.78 is 13.6. The molecule has 2 aromatic rings. The molecule has 0 saturated carbocycles. The van der Waals surface area contributed by atoms with Gasteiger partial charge in [0, 0.05) is 27.8 Å². The highest BCUT2D eigenvalue weighted by molar-refractivity contribution is 6.76. The maximum Gasteiger partial charge on any atom is 0.332 e. The number of fused-ring (bicyclic) bond motifs is 1. The number of rotatable bonds is 7. The highest BCUT2D eigenvalue weighted by Gasteiger charge is 2.15. The van der Waals surface area contributed by atoms with E-state index in [-0.39, 0.29) is 12.4 Å². The number of ether oxygens (including phenoxy) is 2. The van der Waals surface area contributed by atoms with Gasteiger partial charge < -0.3 is 9.47 Å². The minimum Gasteiger partial charge on any atom is -0.504 e. The van der Waals surface area contributed by atoms with Crippen LogP contribution in [0.3, 0.4) is 0 Å². The van der Waals surface area contributed by atoms with Gasteiger partial charge in [-0.1, -0.05) is 19.6 Å². The molecule has 0 radical (unpaired) electrons. The number of methoxy groups -OCH3 is 1. The standard InChI is InChI=1S/C15H24N4O3Si/c1-18-14-12(10-16-13(17-14)6-7-21-2)19(15(18)20)11-22-8-9-23(3,4)5/h6-7,10H,8-9,11H2,1-5H3/b7-6-. The van der Waals surface area contributed by atoms with Gasteiger partial charge in [-0.15, -0.1) is 0 Å². The summed E-state index contributed by atoms with van der Waals surface area (Å²) in [5.41, 5.74) is 1.09. The van der Waals surface area contributed by atoms with Crippen LogP contribution in [0, 0.1) is 0 Å². The molecule has 126 valence electrons. The smallest absolute Gasteiger partial charge is 0.332 e. The summed E-state index contributed by atoms with van der Waals surface area (Å²) in [4.78, 5) is 21.0. The highest BCUT2D eigenvalue weighted by Crippen LogP contribution is 2.11. The van der Waals surface area contributed by atoms with Crippen molar-refractivity contribution in [1.29, 1.82) is 0 Å². The number of hydrogen-bond acceptors (Lipinski definition) is 5. The molecule has 0 atom stereocenters. The normalized spacial score (nSPS) is 12.4. The summed E-state index contributed by atoms with van der Waals surface area (Å²) in [7, 11) is 2.11. The van der Waals surface area contributed by atoms with E-state index >= 15 is 0 Å². The number of aromatic nitrogens is 4. The Morgan fingerprint density at radius 3 is 2.74 bits per heavy atom. The number of aryl methyl sites for hydroxylation is 1. The van der Waals surface area contributed by atoms with Crippen LogP contribution in [0.25, 0.3) is 17.2 Å². The zero-order valence-corrected chi connectivity index (χ0v) is 15.4. The van der Waals surface area contributed by atoms with Crippen LogP contribution in [0.5, 0.6) is 0 Å². The van der Waals surface area contributed by atoms with Crippen molar-refractivity contribution < 1.29 is 9.47 Å². The van der Waals surface area contributed by atoms with Crippen LogP contribution < -0.4 is 5.69 Å². The van der Waals surface area contributed by atoms with Crippen LogP contribution >= 0.6 is 0 Å².